The van der Waals surface area contributed by atoms with E-state index in [9.17, 15) is 9.90 Å². The van der Waals surface area contributed by atoms with Gasteiger partial charge in [0.25, 0.3) is 5.91 Å². The van der Waals surface area contributed by atoms with Crippen molar-refractivity contribution in [1.82, 2.24) is 15.1 Å². The van der Waals surface area contributed by atoms with Crippen LogP contribution in [-0.4, -0.2) is 32.9 Å². The maximum atomic E-state index is 11.7. The van der Waals surface area contributed by atoms with Crippen molar-refractivity contribution in [2.45, 2.75) is 25.9 Å². The van der Waals surface area contributed by atoms with Gasteiger partial charge in [0.2, 0.25) is 0 Å². The zero-order valence-electron chi connectivity index (χ0n) is 9.82. The van der Waals surface area contributed by atoms with E-state index >= 15 is 0 Å². The number of carbonyl (C=O) groups excluding carboxylic acids is 1. The van der Waals surface area contributed by atoms with Crippen LogP contribution in [0.4, 0.5) is 5.69 Å². The van der Waals surface area contributed by atoms with Gasteiger partial charge < -0.3 is 16.2 Å². The fourth-order valence-electron chi connectivity index (χ4n) is 1.21. The Kier molecular flexibility index (Phi) is 3.54. The van der Waals surface area contributed by atoms with Gasteiger partial charge in [-0.25, -0.2) is 0 Å². The molecule has 90 valence electrons. The lowest BCUT2D eigenvalue weighted by atomic mass is 10.0. The smallest absolute Gasteiger partial charge is 0.271 e. The second-order valence-corrected chi connectivity index (χ2v) is 4.11. The van der Waals surface area contributed by atoms with Crippen LogP contribution in [0.1, 0.15) is 30.8 Å². The molecule has 0 radical (unpaired) electrons. The van der Waals surface area contributed by atoms with Crippen molar-refractivity contribution in [3.8, 4) is 0 Å². The average Bonchev–Trinajstić information content (AvgIpc) is 2.55. The number of aromatic nitrogens is 2. The van der Waals surface area contributed by atoms with E-state index in [1.165, 1.54) is 10.9 Å². The molecule has 0 saturated carbocycles. The Bertz CT molecular complexity index is 365. The predicted molar refractivity (Wildman–Crippen MR) is 60.9 cm³/mol. The largest absolute Gasteiger partial charge is 0.396 e. The number of aryl methyl sites for hydroxylation is 1. The van der Waals surface area contributed by atoms with Crippen molar-refractivity contribution < 1.29 is 9.90 Å². The number of nitrogens with one attached hydrogen (secondary N) is 1. The summed E-state index contributed by atoms with van der Waals surface area (Å²) in [6.45, 7) is 3.71. The number of nitrogen functional groups attached to an aromatic ring is 1. The molecule has 0 aliphatic heterocycles. The third-order valence-electron chi connectivity index (χ3n) is 2.57. The number of amides is 1. The molecule has 0 bridgehead atoms. The lowest BCUT2D eigenvalue weighted by molar-refractivity contribution is 0.0516. The minimum absolute atomic E-state index is 0.187. The second kappa shape index (κ2) is 4.52. The van der Waals surface area contributed by atoms with Crippen LogP contribution in [0.15, 0.2) is 6.20 Å². The number of hydrogen-bond donors (Lipinski definition) is 3. The summed E-state index contributed by atoms with van der Waals surface area (Å²) in [5.41, 5.74) is 5.35. The molecule has 0 aliphatic carbocycles. The van der Waals surface area contributed by atoms with Crippen LogP contribution in [-0.2, 0) is 7.05 Å². The van der Waals surface area contributed by atoms with E-state index in [2.05, 4.69) is 10.4 Å². The van der Waals surface area contributed by atoms with Gasteiger partial charge in [0.1, 0.15) is 5.69 Å². The molecule has 1 aromatic heterocycles. The van der Waals surface area contributed by atoms with Gasteiger partial charge in [-0.2, -0.15) is 5.10 Å². The number of nitrogens with two attached hydrogens (primary N) is 1. The first kappa shape index (κ1) is 12.5. The Morgan fingerprint density at radius 3 is 2.81 bits per heavy atom. The minimum atomic E-state index is -0.900. The standard InChI is InChI=1S/C10H18N4O2/c1-4-10(2,16)6-12-9(15)8-7(11)5-13-14(8)3/h5,16H,4,6,11H2,1-3H3,(H,12,15). The Labute approximate surface area is 94.4 Å². The summed E-state index contributed by atoms with van der Waals surface area (Å²) >= 11 is 0. The SMILES string of the molecule is CCC(C)(O)CNC(=O)c1c(N)cnn1C. The predicted octanol–water partition coefficient (Wildman–Crippen LogP) is -0.107. The van der Waals surface area contributed by atoms with Crippen LogP contribution in [0.25, 0.3) is 0 Å². The highest BCUT2D eigenvalue weighted by Crippen LogP contribution is 2.10. The van der Waals surface area contributed by atoms with Gasteiger partial charge in [0, 0.05) is 13.6 Å². The summed E-state index contributed by atoms with van der Waals surface area (Å²) < 4.78 is 1.41. The summed E-state index contributed by atoms with van der Waals surface area (Å²) in [6.07, 6.45) is 1.99. The molecule has 1 rings (SSSR count). The first-order chi connectivity index (χ1) is 7.37. The highest BCUT2D eigenvalue weighted by molar-refractivity contribution is 5.97. The lowest BCUT2D eigenvalue weighted by Crippen LogP contribution is -2.40. The third-order valence-corrected chi connectivity index (χ3v) is 2.57. The molecule has 1 aromatic rings. The molecule has 6 heteroatoms. The number of hydrogen-bond acceptors (Lipinski definition) is 4. The van der Waals surface area contributed by atoms with Gasteiger partial charge in [-0.05, 0) is 13.3 Å². The van der Waals surface area contributed by atoms with Gasteiger partial charge in [-0.3, -0.25) is 9.48 Å². The van der Waals surface area contributed by atoms with Gasteiger partial charge in [-0.15, -0.1) is 0 Å². The van der Waals surface area contributed by atoms with E-state index in [1.54, 1.807) is 14.0 Å². The van der Waals surface area contributed by atoms with E-state index in [1.807, 2.05) is 6.92 Å². The van der Waals surface area contributed by atoms with E-state index in [0.717, 1.165) is 0 Å². The van der Waals surface area contributed by atoms with Crippen LogP contribution in [0, 0.1) is 0 Å². The topological polar surface area (TPSA) is 93.2 Å². The molecule has 0 aliphatic rings. The van der Waals surface area contributed by atoms with Crippen molar-refractivity contribution >= 4 is 11.6 Å². The molecule has 0 spiro atoms. The Balaban J connectivity index is 2.67. The molecule has 4 N–H and O–H groups in total. The molecule has 1 heterocycles. The van der Waals surface area contributed by atoms with Gasteiger partial charge in [0.15, 0.2) is 0 Å². The van der Waals surface area contributed by atoms with Crippen LogP contribution >= 0.6 is 0 Å². The number of nitrogens with zero attached hydrogens (tertiary/aromatic N) is 2. The minimum Gasteiger partial charge on any atom is -0.396 e. The van der Waals surface area contributed by atoms with Crippen molar-refractivity contribution in [3.63, 3.8) is 0 Å². The van der Waals surface area contributed by atoms with E-state index in [-0.39, 0.29) is 12.5 Å². The molecule has 1 amide bonds. The summed E-state index contributed by atoms with van der Waals surface area (Å²) in [5.74, 6) is -0.328. The number of rotatable bonds is 4. The normalized spacial score (nSPS) is 14.5. The van der Waals surface area contributed by atoms with Crippen LogP contribution in [0.5, 0.6) is 0 Å². The molecule has 1 unspecified atom stereocenters. The summed E-state index contributed by atoms with van der Waals surface area (Å²) in [6, 6.07) is 0. The average molecular weight is 226 g/mol. The summed E-state index contributed by atoms with van der Waals surface area (Å²) in [4.78, 5) is 11.7. The van der Waals surface area contributed by atoms with Crippen LogP contribution < -0.4 is 11.1 Å². The zero-order valence-corrected chi connectivity index (χ0v) is 9.82. The van der Waals surface area contributed by atoms with Crippen LogP contribution in [0.3, 0.4) is 0 Å². The van der Waals surface area contributed by atoms with Crippen molar-refractivity contribution in [2.24, 2.45) is 7.05 Å². The summed E-state index contributed by atoms with van der Waals surface area (Å²) in [7, 11) is 1.64. The molecule has 0 aromatic carbocycles. The fourth-order valence-corrected chi connectivity index (χ4v) is 1.21. The highest BCUT2D eigenvalue weighted by atomic mass is 16.3. The highest BCUT2D eigenvalue weighted by Gasteiger charge is 2.21. The second-order valence-electron chi connectivity index (χ2n) is 4.11. The number of anilines is 1. The molecule has 16 heavy (non-hydrogen) atoms. The first-order valence-corrected chi connectivity index (χ1v) is 5.15. The molecular formula is C10H18N4O2. The molecule has 0 fully saturated rings. The van der Waals surface area contributed by atoms with Gasteiger partial charge in [0.05, 0.1) is 17.5 Å². The maximum Gasteiger partial charge on any atom is 0.271 e. The maximum absolute atomic E-state index is 11.7. The molecular weight excluding hydrogens is 208 g/mol. The van der Waals surface area contributed by atoms with Crippen molar-refractivity contribution in [3.05, 3.63) is 11.9 Å². The van der Waals surface area contributed by atoms with Crippen molar-refractivity contribution in [1.29, 1.82) is 0 Å². The molecule has 6 nitrogen and oxygen atoms in total. The lowest BCUT2D eigenvalue weighted by Gasteiger charge is -2.21. The first-order valence-electron chi connectivity index (χ1n) is 5.15. The van der Waals surface area contributed by atoms with Gasteiger partial charge in [-0.1, -0.05) is 6.92 Å². The zero-order chi connectivity index (χ0) is 12.3. The van der Waals surface area contributed by atoms with E-state index in [0.29, 0.717) is 17.8 Å². The Morgan fingerprint density at radius 1 is 1.75 bits per heavy atom. The van der Waals surface area contributed by atoms with E-state index < -0.39 is 5.60 Å². The Morgan fingerprint density at radius 2 is 2.38 bits per heavy atom. The third kappa shape index (κ3) is 2.73. The number of carbonyl (C=O) groups is 1. The summed E-state index contributed by atoms with van der Waals surface area (Å²) in [5, 5.41) is 16.2. The molecule has 1 atom stereocenters. The van der Waals surface area contributed by atoms with Crippen molar-refractivity contribution in [2.75, 3.05) is 12.3 Å². The molecule has 0 saturated heterocycles. The quantitative estimate of drug-likeness (QED) is 0.668. The van der Waals surface area contributed by atoms with E-state index in [4.69, 9.17) is 5.73 Å². The van der Waals surface area contributed by atoms with Crippen LogP contribution in [0.2, 0.25) is 0 Å². The monoisotopic (exact) mass is 226 g/mol. The Hall–Kier alpha value is -1.56. The fraction of sp³-hybridized carbons (Fsp3) is 0.600. The van der Waals surface area contributed by atoms with Gasteiger partial charge >= 0.3 is 0 Å². The number of aliphatic hydroxyl groups is 1.